The number of imide groups is 1. The number of aromatic amines is 1. The van der Waals surface area contributed by atoms with Crippen molar-refractivity contribution >= 4 is 68.5 Å². The molecule has 1 unspecified atom stereocenters. The number of halogens is 2. The first-order chi connectivity index (χ1) is 32.6. The van der Waals surface area contributed by atoms with E-state index in [9.17, 15) is 27.6 Å². The molecule has 68 heavy (non-hydrogen) atoms. The molecule has 4 aromatic heterocycles. The van der Waals surface area contributed by atoms with E-state index < -0.39 is 44.9 Å². The van der Waals surface area contributed by atoms with Crippen LogP contribution in [0.4, 0.5) is 26.1 Å². The van der Waals surface area contributed by atoms with Crippen molar-refractivity contribution in [2.45, 2.75) is 63.5 Å². The van der Waals surface area contributed by atoms with Crippen LogP contribution in [-0.2, 0) is 29.4 Å². The Labute approximate surface area is 390 Å². The molecule has 8 rings (SSSR count). The number of H-pyrrole nitrogens is 1. The fraction of sp³-hybridized carbons (Fsp3) is 0.400. The molecule has 3 aliphatic heterocycles. The van der Waals surface area contributed by atoms with Gasteiger partial charge >= 0.3 is 10.2 Å². The molecule has 3 aliphatic rings. The van der Waals surface area contributed by atoms with Crippen LogP contribution in [0.15, 0.2) is 61.3 Å². The van der Waals surface area contributed by atoms with Crippen molar-refractivity contribution in [2.75, 3.05) is 68.3 Å². The monoisotopic (exact) mass is 958 g/mol. The number of rotatable bonds is 14. The lowest BCUT2D eigenvalue weighted by Gasteiger charge is -2.38. The third-order valence-electron chi connectivity index (χ3n) is 12.6. The number of nitrogens with one attached hydrogen (secondary N) is 4. The summed E-state index contributed by atoms with van der Waals surface area (Å²) in [5.41, 5.74) is 1.61. The summed E-state index contributed by atoms with van der Waals surface area (Å²) in [4.78, 5) is 86.3. The van der Waals surface area contributed by atoms with Crippen LogP contribution in [-0.4, -0.2) is 148 Å². The molecule has 1 aromatic carbocycles. The van der Waals surface area contributed by atoms with E-state index in [0.717, 1.165) is 66.6 Å². The van der Waals surface area contributed by atoms with Gasteiger partial charge in [0.05, 0.1) is 29.7 Å². The molecule has 0 saturated carbocycles. The smallest absolute Gasteiger partial charge is 0.301 e. The van der Waals surface area contributed by atoms with Crippen molar-refractivity contribution in [2.24, 2.45) is 0 Å². The third kappa shape index (κ3) is 11.1. The highest BCUT2D eigenvalue weighted by molar-refractivity contribution is 7.90. The Bertz CT molecular complexity index is 2760. The molecular formula is C45H52F2N12O8S. The molecule has 7 heterocycles. The number of anilines is 3. The topological polar surface area (TPSA) is 256 Å². The summed E-state index contributed by atoms with van der Waals surface area (Å²) in [5.74, 6) is -3.20. The number of carbonyl (C=O) groups excluding carboxylic acids is 4. The van der Waals surface area contributed by atoms with Crippen molar-refractivity contribution in [1.82, 2.24) is 44.3 Å². The number of likely N-dealkylation sites (N-methyl/N-ethyl adjacent to an activating group) is 1. The molecule has 3 fully saturated rings. The third-order valence-corrected chi connectivity index (χ3v) is 14.1. The average molecular weight is 959 g/mol. The van der Waals surface area contributed by atoms with Crippen LogP contribution in [0.1, 0.15) is 73.0 Å². The van der Waals surface area contributed by atoms with E-state index in [1.54, 1.807) is 37.8 Å². The number of hydrogen-bond acceptors (Lipinski definition) is 14. The number of nitrogens with zero attached hydrogens (tertiary/aromatic N) is 8. The molecule has 360 valence electrons. The maximum atomic E-state index is 15.6. The van der Waals surface area contributed by atoms with E-state index in [2.05, 4.69) is 50.1 Å². The Hall–Kier alpha value is -6.98. The van der Waals surface area contributed by atoms with Crippen LogP contribution in [0.3, 0.4) is 0 Å². The quantitative estimate of drug-likeness (QED) is 0.0604. The minimum atomic E-state index is -4.15. The van der Waals surface area contributed by atoms with E-state index in [-0.39, 0.29) is 48.3 Å². The summed E-state index contributed by atoms with van der Waals surface area (Å²) < 4.78 is 58.8. The van der Waals surface area contributed by atoms with Crippen LogP contribution in [0.25, 0.3) is 22.2 Å². The second-order valence-electron chi connectivity index (χ2n) is 16.7. The lowest BCUT2D eigenvalue weighted by Crippen LogP contribution is -2.49. The Morgan fingerprint density at radius 1 is 0.926 bits per heavy atom. The van der Waals surface area contributed by atoms with Gasteiger partial charge in [0.15, 0.2) is 5.82 Å². The summed E-state index contributed by atoms with van der Waals surface area (Å²) in [6.45, 7) is 4.64. The van der Waals surface area contributed by atoms with Crippen LogP contribution in [0.5, 0.6) is 0 Å². The highest BCUT2D eigenvalue weighted by atomic mass is 32.2. The number of fused-ring (bicyclic) bond motifs is 1. The highest BCUT2D eigenvalue weighted by Gasteiger charge is 2.31. The van der Waals surface area contributed by atoms with Gasteiger partial charge in [-0.1, -0.05) is 6.92 Å². The van der Waals surface area contributed by atoms with Crippen molar-refractivity contribution < 1.29 is 46.3 Å². The largest absolute Gasteiger partial charge is 0.483 e. The molecule has 0 aliphatic carbocycles. The molecule has 0 bridgehead atoms. The molecule has 5 N–H and O–H groups in total. The number of piperidine rings is 3. The number of benzene rings is 1. The van der Waals surface area contributed by atoms with Crippen molar-refractivity contribution in [1.29, 1.82) is 0 Å². The average Bonchev–Trinajstić information content (AvgIpc) is 3.77. The predicted molar refractivity (Wildman–Crippen MR) is 247 cm³/mol. The first-order valence-corrected chi connectivity index (χ1v) is 23.5. The zero-order chi connectivity index (χ0) is 48.7. The number of ketones is 1. The van der Waals surface area contributed by atoms with Gasteiger partial charge in [0.1, 0.15) is 17.5 Å². The van der Waals surface area contributed by atoms with E-state index >= 15 is 8.78 Å². The predicted octanol–water partition coefficient (Wildman–Crippen LogP) is 3.76. The maximum absolute atomic E-state index is 15.6. The number of amides is 3. The van der Waals surface area contributed by atoms with Crippen LogP contribution in [0, 0.1) is 11.6 Å². The first-order valence-electron chi connectivity index (χ1n) is 22.0. The lowest BCUT2D eigenvalue weighted by molar-refractivity contribution is -0.134. The second kappa shape index (κ2) is 21.3. The van der Waals surface area contributed by atoms with Crippen LogP contribution in [0.2, 0.25) is 0 Å². The van der Waals surface area contributed by atoms with Gasteiger partial charge in [-0.25, -0.2) is 23.7 Å². The van der Waals surface area contributed by atoms with Gasteiger partial charge in [0.25, 0.3) is 6.47 Å². The molecule has 3 amide bonds. The summed E-state index contributed by atoms with van der Waals surface area (Å²) in [5, 5.41) is 12.7. The molecule has 3 saturated heterocycles. The Balaban J connectivity index is 0.00000222. The zero-order valence-electron chi connectivity index (χ0n) is 37.6. The fourth-order valence-electron chi connectivity index (χ4n) is 8.45. The van der Waals surface area contributed by atoms with Gasteiger partial charge in [-0.2, -0.15) is 12.7 Å². The second-order valence-corrected chi connectivity index (χ2v) is 18.5. The van der Waals surface area contributed by atoms with E-state index in [0.29, 0.717) is 60.6 Å². The normalized spacial score (nSPS) is 17.3. The lowest BCUT2D eigenvalue weighted by atomic mass is 9.93. The molecular weight excluding hydrogens is 907 g/mol. The first kappa shape index (κ1) is 48.9. The van der Waals surface area contributed by atoms with Gasteiger partial charge in [-0.3, -0.25) is 43.9 Å². The molecule has 0 spiro atoms. The number of carbonyl (C=O) groups is 5. The summed E-state index contributed by atoms with van der Waals surface area (Å²) >= 11 is 0. The SMILES string of the molecule is CCN(C)S(=O)(=O)Nc1ccc(F)c(C(=O)c2c[nH]c3ncc(-c4cnc(N5CCC(N(C)C(=O)CN6CCC(c7ccc(NC8CCC(=O)NC8=O)cn7)CC6)CC5)nc4)cc23)c1F.O=CO. The zero-order valence-corrected chi connectivity index (χ0v) is 38.4. The Morgan fingerprint density at radius 2 is 1.62 bits per heavy atom. The van der Waals surface area contributed by atoms with Gasteiger partial charge in [-0.05, 0) is 75.5 Å². The van der Waals surface area contributed by atoms with Crippen molar-refractivity contribution in [3.05, 3.63) is 89.8 Å². The van der Waals surface area contributed by atoms with Gasteiger partial charge in [0, 0.05) is 105 Å². The summed E-state index contributed by atoms with van der Waals surface area (Å²) in [6.07, 6.45) is 11.9. The minimum Gasteiger partial charge on any atom is -0.483 e. The van der Waals surface area contributed by atoms with Crippen LogP contribution < -0.4 is 20.3 Å². The molecule has 1 atom stereocenters. The molecule has 5 aromatic rings. The van der Waals surface area contributed by atoms with Crippen LogP contribution >= 0.6 is 0 Å². The van der Waals surface area contributed by atoms with E-state index in [1.165, 1.54) is 13.2 Å². The number of hydrogen-bond donors (Lipinski definition) is 5. The van der Waals surface area contributed by atoms with E-state index in [4.69, 9.17) is 9.90 Å². The highest BCUT2D eigenvalue weighted by Crippen LogP contribution is 2.31. The van der Waals surface area contributed by atoms with Gasteiger partial charge < -0.3 is 25.2 Å². The summed E-state index contributed by atoms with van der Waals surface area (Å²) in [7, 11) is -0.993. The maximum Gasteiger partial charge on any atom is 0.301 e. The molecule has 0 radical (unpaired) electrons. The van der Waals surface area contributed by atoms with Gasteiger partial charge in [0.2, 0.25) is 29.5 Å². The molecule has 20 nitrogen and oxygen atoms in total. The Kier molecular flexibility index (Phi) is 15.3. The van der Waals surface area contributed by atoms with Crippen molar-refractivity contribution in [3.63, 3.8) is 0 Å². The fourth-order valence-corrected chi connectivity index (χ4v) is 9.39. The standard InChI is InChI=1S/C44H50F2N12O6S.CH2O2/c1-4-55(2)65(63,64)54-35-8-6-33(45)39(40(35)46)41(61)32-24-49-42-31(32)19-27(20-48-42)28-21-50-44(51-22-28)58-17-13-30(14-18-58)56(3)38(60)25-57-15-11-26(12-16-57)34-7-5-29(23-47-34)52-36-9-10-37(59)53-43(36)62;2-1-3/h5-8,19-24,26,30,36,52,54H,4,9-18,25H2,1-3H3,(H,48,49)(H,53,59,62);1H,(H,2,3). The van der Waals surface area contributed by atoms with Gasteiger partial charge in [-0.15, -0.1) is 0 Å². The number of pyridine rings is 2. The molecule has 23 heteroatoms. The number of carboxylic acid groups (broad SMARTS) is 1. The Morgan fingerprint density at radius 3 is 2.26 bits per heavy atom. The minimum absolute atomic E-state index is 0.0638. The van der Waals surface area contributed by atoms with Crippen molar-refractivity contribution in [3.8, 4) is 11.1 Å². The van der Waals surface area contributed by atoms with E-state index in [1.807, 2.05) is 24.1 Å². The number of aromatic nitrogens is 5. The summed E-state index contributed by atoms with van der Waals surface area (Å²) in [6, 6.07) is 6.90. The number of likely N-dealkylation sites (tertiary alicyclic amines) is 1.